The van der Waals surface area contributed by atoms with Crippen molar-refractivity contribution in [1.29, 1.82) is 0 Å². The molecule has 0 aliphatic heterocycles. The van der Waals surface area contributed by atoms with E-state index in [2.05, 4.69) is 6.92 Å². The van der Waals surface area contributed by atoms with Crippen molar-refractivity contribution >= 4 is 6.16 Å². The summed E-state index contributed by atoms with van der Waals surface area (Å²) in [6.45, 7) is 2.15. The van der Waals surface area contributed by atoms with Crippen LogP contribution in [0.1, 0.15) is 50.2 Å². The second-order valence-corrected chi connectivity index (χ2v) is 6.44. The molecule has 0 bridgehead atoms. The molecule has 0 saturated carbocycles. The van der Waals surface area contributed by atoms with E-state index in [1.807, 2.05) is 0 Å². The smallest absolute Gasteiger partial charge is 0.449 e. The maximum Gasteiger partial charge on any atom is 0.511 e. The molecular formula is C21H23F3O3. The summed E-state index contributed by atoms with van der Waals surface area (Å²) in [6.07, 6.45) is 0.589. The first kappa shape index (κ1) is 20.8. The van der Waals surface area contributed by atoms with Crippen LogP contribution in [-0.2, 0) is 12.6 Å². The molecule has 0 radical (unpaired) electrons. The summed E-state index contributed by atoms with van der Waals surface area (Å²) in [5.74, 6) is 0.108. The number of hydrogen-bond acceptors (Lipinski definition) is 2. The lowest BCUT2D eigenvalue weighted by Gasteiger charge is -2.12. The quantitative estimate of drug-likeness (QED) is 0.306. The molecule has 2 rings (SSSR count). The van der Waals surface area contributed by atoms with Gasteiger partial charge in [-0.3, -0.25) is 0 Å². The van der Waals surface area contributed by atoms with E-state index in [9.17, 15) is 18.0 Å². The molecule has 27 heavy (non-hydrogen) atoms. The molecule has 0 spiro atoms. The molecule has 1 N–H and O–H groups in total. The predicted molar refractivity (Wildman–Crippen MR) is 98.0 cm³/mol. The number of rotatable bonds is 8. The van der Waals surface area contributed by atoms with Crippen LogP contribution < -0.4 is 4.74 Å². The molecule has 0 heterocycles. The molecular weight excluding hydrogens is 357 g/mol. The topological polar surface area (TPSA) is 46.5 Å². The second-order valence-electron chi connectivity index (χ2n) is 6.44. The predicted octanol–water partition coefficient (Wildman–Crippen LogP) is 6.94. The van der Waals surface area contributed by atoms with Gasteiger partial charge in [-0.1, -0.05) is 50.8 Å². The van der Waals surface area contributed by atoms with Crippen LogP contribution in [0.15, 0.2) is 42.5 Å². The molecule has 2 aromatic rings. The van der Waals surface area contributed by atoms with Gasteiger partial charge in [0.1, 0.15) is 5.75 Å². The van der Waals surface area contributed by atoms with Crippen LogP contribution >= 0.6 is 0 Å². The number of alkyl halides is 3. The fourth-order valence-corrected chi connectivity index (χ4v) is 2.91. The van der Waals surface area contributed by atoms with E-state index in [4.69, 9.17) is 9.84 Å². The van der Waals surface area contributed by atoms with Crippen molar-refractivity contribution in [2.24, 2.45) is 0 Å². The minimum atomic E-state index is -4.42. The number of carboxylic acid groups (broad SMARTS) is 1. The summed E-state index contributed by atoms with van der Waals surface area (Å²) in [5, 5.41) is 8.91. The lowest BCUT2D eigenvalue weighted by atomic mass is 9.98. The Kier molecular flexibility index (Phi) is 7.28. The van der Waals surface area contributed by atoms with Gasteiger partial charge in [0.05, 0.1) is 5.56 Å². The minimum absolute atomic E-state index is 0.108. The zero-order valence-corrected chi connectivity index (χ0v) is 15.2. The number of halogens is 3. The second kappa shape index (κ2) is 9.44. The van der Waals surface area contributed by atoms with Crippen molar-refractivity contribution in [2.45, 2.75) is 51.6 Å². The Balaban J connectivity index is 2.24. The first-order chi connectivity index (χ1) is 12.8. The highest BCUT2D eigenvalue weighted by Gasteiger charge is 2.30. The Bertz CT molecular complexity index is 752. The van der Waals surface area contributed by atoms with Crippen LogP contribution in [0.5, 0.6) is 5.75 Å². The molecule has 2 aromatic carbocycles. The molecule has 0 aliphatic rings. The lowest BCUT2D eigenvalue weighted by molar-refractivity contribution is -0.137. The van der Waals surface area contributed by atoms with Crippen LogP contribution in [0.2, 0.25) is 0 Å². The normalized spacial score (nSPS) is 11.4. The van der Waals surface area contributed by atoms with E-state index in [0.717, 1.165) is 37.0 Å². The SMILES string of the molecule is CCCCCCCc1ccc(OC(=O)O)c(-c2ccc(C(F)(F)F)cc2)c1. The van der Waals surface area contributed by atoms with Crippen molar-refractivity contribution < 1.29 is 27.8 Å². The average Bonchev–Trinajstić information content (AvgIpc) is 2.61. The molecule has 0 amide bonds. The van der Waals surface area contributed by atoms with Gasteiger partial charge in [0.25, 0.3) is 0 Å². The van der Waals surface area contributed by atoms with Crippen LogP contribution in [-0.4, -0.2) is 11.3 Å². The molecule has 0 unspecified atom stereocenters. The highest BCUT2D eigenvalue weighted by Crippen LogP contribution is 2.35. The van der Waals surface area contributed by atoms with E-state index < -0.39 is 17.9 Å². The number of hydrogen-bond donors (Lipinski definition) is 1. The Labute approximate surface area is 156 Å². The summed E-state index contributed by atoms with van der Waals surface area (Å²) in [6, 6.07) is 9.78. The fraction of sp³-hybridized carbons (Fsp3) is 0.381. The number of carbonyl (C=O) groups is 1. The standard InChI is InChI=1S/C21H23F3O3/c1-2-3-4-5-6-7-15-8-13-19(27-20(25)26)18(14-15)16-9-11-17(12-10-16)21(22,23)24/h8-14H,2-7H2,1H3,(H,25,26). The van der Waals surface area contributed by atoms with E-state index >= 15 is 0 Å². The number of unbranched alkanes of at least 4 members (excludes halogenated alkanes) is 4. The first-order valence-electron chi connectivity index (χ1n) is 9.02. The number of ether oxygens (including phenoxy) is 1. The van der Waals surface area contributed by atoms with Crippen LogP contribution in [0, 0.1) is 0 Å². The van der Waals surface area contributed by atoms with Gasteiger partial charge in [-0.15, -0.1) is 0 Å². The molecule has 0 atom stereocenters. The Hall–Kier alpha value is -2.50. The van der Waals surface area contributed by atoms with Crippen LogP contribution in [0.4, 0.5) is 18.0 Å². The van der Waals surface area contributed by atoms with Gasteiger partial charge in [0.15, 0.2) is 0 Å². The zero-order valence-electron chi connectivity index (χ0n) is 15.2. The summed E-state index contributed by atoms with van der Waals surface area (Å²) in [7, 11) is 0. The van der Waals surface area contributed by atoms with Gasteiger partial charge in [-0.25, -0.2) is 4.79 Å². The van der Waals surface area contributed by atoms with Gasteiger partial charge >= 0.3 is 12.3 Å². The monoisotopic (exact) mass is 380 g/mol. The third-order valence-corrected chi connectivity index (χ3v) is 4.33. The third-order valence-electron chi connectivity index (χ3n) is 4.33. The molecule has 146 valence electrons. The number of benzene rings is 2. The highest BCUT2D eigenvalue weighted by atomic mass is 19.4. The van der Waals surface area contributed by atoms with Gasteiger partial charge < -0.3 is 9.84 Å². The minimum Gasteiger partial charge on any atom is -0.449 e. The van der Waals surface area contributed by atoms with Gasteiger partial charge in [0, 0.05) is 5.56 Å². The average molecular weight is 380 g/mol. The van der Waals surface area contributed by atoms with Crippen molar-refractivity contribution in [3.63, 3.8) is 0 Å². The third kappa shape index (κ3) is 6.31. The molecule has 6 heteroatoms. The van der Waals surface area contributed by atoms with Crippen LogP contribution in [0.3, 0.4) is 0 Å². The Morgan fingerprint density at radius 2 is 1.67 bits per heavy atom. The molecule has 0 saturated heterocycles. The van der Waals surface area contributed by atoms with Crippen molar-refractivity contribution in [3.8, 4) is 16.9 Å². The molecule has 0 aliphatic carbocycles. The Morgan fingerprint density at radius 3 is 2.26 bits per heavy atom. The summed E-state index contributed by atoms with van der Waals surface area (Å²) in [4.78, 5) is 10.9. The van der Waals surface area contributed by atoms with E-state index in [1.165, 1.54) is 31.4 Å². The van der Waals surface area contributed by atoms with Crippen molar-refractivity contribution in [3.05, 3.63) is 53.6 Å². The van der Waals surface area contributed by atoms with Crippen LogP contribution in [0.25, 0.3) is 11.1 Å². The van der Waals surface area contributed by atoms with E-state index in [0.29, 0.717) is 11.1 Å². The molecule has 0 aromatic heterocycles. The first-order valence-corrected chi connectivity index (χ1v) is 9.02. The zero-order chi connectivity index (χ0) is 19.9. The van der Waals surface area contributed by atoms with E-state index in [-0.39, 0.29) is 5.75 Å². The van der Waals surface area contributed by atoms with Crippen molar-refractivity contribution in [2.75, 3.05) is 0 Å². The summed E-state index contributed by atoms with van der Waals surface area (Å²) >= 11 is 0. The lowest BCUT2D eigenvalue weighted by Crippen LogP contribution is -2.05. The Morgan fingerprint density at radius 1 is 1.00 bits per heavy atom. The van der Waals surface area contributed by atoms with Gasteiger partial charge in [-0.05, 0) is 48.2 Å². The largest absolute Gasteiger partial charge is 0.511 e. The van der Waals surface area contributed by atoms with Gasteiger partial charge in [0.2, 0.25) is 0 Å². The highest BCUT2D eigenvalue weighted by molar-refractivity contribution is 5.75. The molecule has 0 fully saturated rings. The fourth-order valence-electron chi connectivity index (χ4n) is 2.91. The maximum absolute atomic E-state index is 12.8. The van der Waals surface area contributed by atoms with Gasteiger partial charge in [-0.2, -0.15) is 13.2 Å². The molecule has 3 nitrogen and oxygen atoms in total. The van der Waals surface area contributed by atoms with Crippen molar-refractivity contribution in [1.82, 2.24) is 0 Å². The summed E-state index contributed by atoms with van der Waals surface area (Å²) in [5.41, 5.74) is 1.20. The van der Waals surface area contributed by atoms with E-state index in [1.54, 1.807) is 18.2 Å². The summed E-state index contributed by atoms with van der Waals surface area (Å²) < 4.78 is 43.1. The number of aryl methyl sites for hydroxylation is 1. The maximum atomic E-state index is 12.8.